The second-order valence-corrected chi connectivity index (χ2v) is 5.41. The summed E-state index contributed by atoms with van der Waals surface area (Å²) in [6.45, 7) is 3.94. The number of aliphatic hydroxyl groups is 1. The van der Waals surface area contributed by atoms with Gasteiger partial charge in [-0.1, -0.05) is 23.9 Å². The minimum atomic E-state index is -0.618. The second-order valence-electron chi connectivity index (χ2n) is 4.44. The number of ether oxygens (including phenoxy) is 1. The zero-order chi connectivity index (χ0) is 14.5. The molecule has 1 aromatic carbocycles. The Morgan fingerprint density at radius 1 is 1.40 bits per heavy atom. The van der Waals surface area contributed by atoms with Crippen LogP contribution in [0, 0.1) is 13.8 Å². The maximum atomic E-state index is 9.88. The van der Waals surface area contributed by atoms with Gasteiger partial charge in [-0.25, -0.2) is 4.98 Å². The lowest BCUT2D eigenvalue weighted by atomic mass is 10.3. The first-order valence-electron chi connectivity index (χ1n) is 6.28. The van der Waals surface area contributed by atoms with E-state index in [0.717, 1.165) is 11.5 Å². The lowest BCUT2D eigenvalue weighted by molar-refractivity contribution is 0.126. The van der Waals surface area contributed by atoms with Crippen LogP contribution in [0.15, 0.2) is 33.9 Å². The Bertz CT molecular complexity index is 552. The van der Waals surface area contributed by atoms with E-state index >= 15 is 0 Å². The summed E-state index contributed by atoms with van der Waals surface area (Å²) in [5.74, 6) is 1.83. The fraction of sp³-hybridized carbons (Fsp3) is 0.357. The van der Waals surface area contributed by atoms with Gasteiger partial charge in [-0.2, -0.15) is 0 Å². The molecule has 3 N–H and O–H groups in total. The molecule has 0 aliphatic heterocycles. The van der Waals surface area contributed by atoms with E-state index in [9.17, 15) is 5.11 Å². The van der Waals surface area contributed by atoms with E-state index in [1.165, 1.54) is 11.8 Å². The molecule has 0 aliphatic carbocycles. The molecule has 0 fully saturated rings. The Morgan fingerprint density at radius 2 is 2.15 bits per heavy atom. The van der Waals surface area contributed by atoms with Crippen LogP contribution in [-0.4, -0.2) is 28.6 Å². The average Bonchev–Trinajstić information content (AvgIpc) is 2.75. The third kappa shape index (κ3) is 3.91. The summed E-state index contributed by atoms with van der Waals surface area (Å²) in [5.41, 5.74) is 7.19. The van der Waals surface area contributed by atoms with Crippen LogP contribution in [0.25, 0.3) is 0 Å². The number of para-hydroxylation sites is 2. The molecule has 2 rings (SSSR count). The summed E-state index contributed by atoms with van der Waals surface area (Å²) in [4.78, 5) is 4.24. The topological polar surface area (TPSA) is 81.5 Å². The SMILES string of the molecule is Cc1nc(SCC(O)COc2ccccc2N)oc1C. The quantitative estimate of drug-likeness (QED) is 0.629. The molecule has 1 heterocycles. The van der Waals surface area contributed by atoms with Crippen LogP contribution < -0.4 is 10.5 Å². The van der Waals surface area contributed by atoms with E-state index in [4.69, 9.17) is 14.9 Å². The van der Waals surface area contributed by atoms with Crippen molar-refractivity contribution in [2.75, 3.05) is 18.1 Å². The van der Waals surface area contributed by atoms with Gasteiger partial charge in [0, 0.05) is 5.75 Å². The summed E-state index contributed by atoms with van der Waals surface area (Å²) in [5, 5.41) is 10.5. The van der Waals surface area contributed by atoms with Crippen molar-refractivity contribution in [3.8, 4) is 5.75 Å². The van der Waals surface area contributed by atoms with Gasteiger partial charge in [0.25, 0.3) is 5.22 Å². The molecule has 6 heteroatoms. The molecule has 1 unspecified atom stereocenters. The number of thioether (sulfide) groups is 1. The highest BCUT2D eigenvalue weighted by atomic mass is 32.2. The monoisotopic (exact) mass is 294 g/mol. The van der Waals surface area contributed by atoms with Gasteiger partial charge in [0.15, 0.2) is 0 Å². The van der Waals surface area contributed by atoms with Crippen molar-refractivity contribution in [2.45, 2.75) is 25.2 Å². The average molecular weight is 294 g/mol. The van der Waals surface area contributed by atoms with E-state index < -0.39 is 6.10 Å². The van der Waals surface area contributed by atoms with Crippen molar-refractivity contribution in [3.05, 3.63) is 35.7 Å². The fourth-order valence-corrected chi connectivity index (χ4v) is 2.34. The van der Waals surface area contributed by atoms with Gasteiger partial charge < -0.3 is 20.0 Å². The van der Waals surface area contributed by atoms with Crippen molar-refractivity contribution in [1.82, 2.24) is 4.98 Å². The van der Waals surface area contributed by atoms with E-state index in [1.54, 1.807) is 12.1 Å². The molecule has 0 bridgehead atoms. The Morgan fingerprint density at radius 3 is 2.80 bits per heavy atom. The lowest BCUT2D eigenvalue weighted by Gasteiger charge is -2.12. The summed E-state index contributed by atoms with van der Waals surface area (Å²) in [6.07, 6.45) is -0.618. The second kappa shape index (κ2) is 6.67. The number of aliphatic hydroxyl groups excluding tert-OH is 1. The molecular formula is C14H18N2O3S. The van der Waals surface area contributed by atoms with Crippen LogP contribution in [0.3, 0.4) is 0 Å². The molecule has 2 aromatic rings. The number of rotatable bonds is 6. The van der Waals surface area contributed by atoms with Crippen molar-refractivity contribution < 1.29 is 14.3 Å². The van der Waals surface area contributed by atoms with Gasteiger partial charge in [0.05, 0.1) is 17.5 Å². The van der Waals surface area contributed by atoms with E-state index in [-0.39, 0.29) is 6.61 Å². The molecule has 0 saturated heterocycles. The molecule has 0 aliphatic rings. The Balaban J connectivity index is 1.78. The number of hydrogen-bond acceptors (Lipinski definition) is 6. The minimum Gasteiger partial charge on any atom is -0.489 e. The number of hydrogen-bond donors (Lipinski definition) is 2. The van der Waals surface area contributed by atoms with Crippen LogP contribution >= 0.6 is 11.8 Å². The molecule has 0 saturated carbocycles. The van der Waals surface area contributed by atoms with Crippen molar-refractivity contribution in [3.63, 3.8) is 0 Å². The summed E-state index contributed by atoms with van der Waals surface area (Å²) in [7, 11) is 0. The van der Waals surface area contributed by atoms with Gasteiger partial charge >= 0.3 is 0 Å². The fourth-order valence-electron chi connectivity index (χ4n) is 1.52. The summed E-state index contributed by atoms with van der Waals surface area (Å²) < 4.78 is 10.9. The maximum Gasteiger partial charge on any atom is 0.256 e. The normalized spacial score (nSPS) is 12.3. The van der Waals surface area contributed by atoms with Gasteiger partial charge in [-0.3, -0.25) is 0 Å². The van der Waals surface area contributed by atoms with Crippen LogP contribution in [0.4, 0.5) is 5.69 Å². The Labute approximate surface area is 122 Å². The number of nitrogen functional groups attached to an aromatic ring is 1. The van der Waals surface area contributed by atoms with E-state index in [0.29, 0.717) is 22.4 Å². The van der Waals surface area contributed by atoms with Gasteiger partial charge in [-0.15, -0.1) is 0 Å². The first kappa shape index (κ1) is 14.7. The number of nitrogens with two attached hydrogens (primary N) is 1. The summed E-state index contributed by atoms with van der Waals surface area (Å²) in [6, 6.07) is 7.21. The van der Waals surface area contributed by atoms with E-state index in [1.807, 2.05) is 26.0 Å². The molecule has 0 spiro atoms. The Kier molecular flexibility index (Phi) is 4.92. The molecule has 20 heavy (non-hydrogen) atoms. The van der Waals surface area contributed by atoms with Gasteiger partial charge in [0.1, 0.15) is 18.1 Å². The highest BCUT2D eigenvalue weighted by Gasteiger charge is 2.11. The number of aromatic nitrogens is 1. The summed E-state index contributed by atoms with van der Waals surface area (Å²) >= 11 is 1.36. The maximum absolute atomic E-state index is 9.88. The van der Waals surface area contributed by atoms with Crippen molar-refractivity contribution in [2.24, 2.45) is 0 Å². The third-order valence-electron chi connectivity index (χ3n) is 2.76. The number of aryl methyl sites for hydroxylation is 2. The van der Waals surface area contributed by atoms with Crippen molar-refractivity contribution in [1.29, 1.82) is 0 Å². The third-order valence-corrected chi connectivity index (χ3v) is 3.73. The first-order valence-corrected chi connectivity index (χ1v) is 7.27. The standard InChI is InChI=1S/C14H18N2O3S/c1-9-10(2)19-14(16-9)20-8-11(17)7-18-13-6-4-3-5-12(13)15/h3-6,11,17H,7-8,15H2,1-2H3. The molecule has 5 nitrogen and oxygen atoms in total. The van der Waals surface area contributed by atoms with Gasteiger partial charge in [0.2, 0.25) is 0 Å². The first-order chi connectivity index (χ1) is 9.56. The highest BCUT2D eigenvalue weighted by molar-refractivity contribution is 7.99. The number of nitrogens with zero attached hydrogens (tertiary/aromatic N) is 1. The zero-order valence-corrected chi connectivity index (χ0v) is 12.3. The number of oxazole rings is 1. The Hall–Kier alpha value is -1.66. The zero-order valence-electron chi connectivity index (χ0n) is 11.5. The lowest BCUT2D eigenvalue weighted by Crippen LogP contribution is -2.20. The van der Waals surface area contributed by atoms with Crippen LogP contribution in [0.2, 0.25) is 0 Å². The molecule has 1 aromatic heterocycles. The van der Waals surface area contributed by atoms with E-state index in [2.05, 4.69) is 4.98 Å². The largest absolute Gasteiger partial charge is 0.489 e. The highest BCUT2D eigenvalue weighted by Crippen LogP contribution is 2.22. The molecule has 0 amide bonds. The van der Waals surface area contributed by atoms with Crippen molar-refractivity contribution >= 4 is 17.4 Å². The number of benzene rings is 1. The minimum absolute atomic E-state index is 0.180. The molecule has 1 atom stereocenters. The van der Waals surface area contributed by atoms with Crippen LogP contribution in [0.1, 0.15) is 11.5 Å². The molecule has 108 valence electrons. The van der Waals surface area contributed by atoms with Crippen LogP contribution in [0.5, 0.6) is 5.75 Å². The molecule has 0 radical (unpaired) electrons. The van der Waals surface area contributed by atoms with Gasteiger partial charge in [-0.05, 0) is 26.0 Å². The van der Waals surface area contributed by atoms with Crippen LogP contribution in [-0.2, 0) is 0 Å². The predicted octanol–water partition coefficient (Wildman–Crippen LogP) is 2.41. The number of anilines is 1. The predicted molar refractivity (Wildman–Crippen MR) is 79.1 cm³/mol. The smallest absolute Gasteiger partial charge is 0.256 e. The molecular weight excluding hydrogens is 276 g/mol.